The van der Waals surface area contributed by atoms with Crippen molar-refractivity contribution in [1.82, 2.24) is 19.5 Å². The van der Waals surface area contributed by atoms with E-state index in [1.165, 1.54) is 6.33 Å². The Labute approximate surface area is 124 Å². The summed E-state index contributed by atoms with van der Waals surface area (Å²) in [4.78, 5) is 16.0. The quantitative estimate of drug-likeness (QED) is 0.314. The minimum atomic E-state index is -0.774. The Kier molecular flexibility index (Phi) is 3.52. The Morgan fingerprint density at radius 3 is 2.86 bits per heavy atom. The number of ether oxygens (including phenoxy) is 1. The molecule has 11 heteroatoms. The van der Waals surface area contributed by atoms with Crippen LogP contribution in [0, 0.1) is 0 Å². The van der Waals surface area contributed by atoms with Crippen LogP contribution in [0.25, 0.3) is 11.2 Å². The number of fused-ring (bicyclic) bond motifs is 1. The SMILES string of the molecule is NC(N)=Nc1nc(N)c2ncn([C@H]3C[C@@H](O)[C@@H](CO)O3)c2n1. The van der Waals surface area contributed by atoms with Gasteiger partial charge in [-0.05, 0) is 0 Å². The molecule has 0 bridgehead atoms. The number of rotatable bonds is 3. The van der Waals surface area contributed by atoms with E-state index < -0.39 is 18.4 Å². The van der Waals surface area contributed by atoms with Crippen molar-refractivity contribution in [2.75, 3.05) is 12.3 Å². The number of nitrogens with two attached hydrogens (primary N) is 3. The number of aliphatic hydroxyl groups excluding tert-OH is 2. The van der Waals surface area contributed by atoms with Gasteiger partial charge in [0.15, 0.2) is 17.4 Å². The van der Waals surface area contributed by atoms with Crippen molar-refractivity contribution in [3.8, 4) is 0 Å². The fourth-order valence-corrected chi connectivity index (χ4v) is 2.35. The molecule has 1 aliphatic heterocycles. The zero-order valence-corrected chi connectivity index (χ0v) is 11.5. The number of aromatic nitrogens is 4. The number of nitrogens with zero attached hydrogens (tertiary/aromatic N) is 5. The molecule has 2 aromatic heterocycles. The molecule has 0 aromatic carbocycles. The second kappa shape index (κ2) is 5.36. The zero-order chi connectivity index (χ0) is 15.9. The predicted octanol–water partition coefficient (Wildman–Crippen LogP) is -2.05. The molecule has 118 valence electrons. The summed E-state index contributed by atoms with van der Waals surface area (Å²) in [5.74, 6) is -0.0669. The maximum atomic E-state index is 9.83. The number of aliphatic hydroxyl groups is 2. The van der Waals surface area contributed by atoms with Crippen LogP contribution in [0.15, 0.2) is 11.3 Å². The monoisotopic (exact) mass is 308 g/mol. The maximum Gasteiger partial charge on any atom is 0.256 e. The fourth-order valence-electron chi connectivity index (χ4n) is 2.35. The molecular weight excluding hydrogens is 292 g/mol. The standard InChI is InChI=1S/C11H16N8O3/c12-8-7-9(17-11(16-8)18-10(13)14)19(3-15-7)6-1-4(21)5(2-20)22-6/h3-6,20-21H,1-2H2,(H6,12,13,14,16,17,18)/t4-,5-,6-/m1/s1. The van der Waals surface area contributed by atoms with Crippen molar-refractivity contribution in [2.45, 2.75) is 24.9 Å². The first-order valence-electron chi connectivity index (χ1n) is 6.53. The molecule has 0 radical (unpaired) electrons. The third-order valence-corrected chi connectivity index (χ3v) is 3.36. The van der Waals surface area contributed by atoms with E-state index in [1.54, 1.807) is 4.57 Å². The number of hydrogen-bond acceptors (Lipinski definition) is 8. The first kappa shape index (κ1) is 14.4. The van der Waals surface area contributed by atoms with Crippen LogP contribution < -0.4 is 17.2 Å². The molecular formula is C11H16N8O3. The minimum Gasteiger partial charge on any atom is -0.394 e. The molecule has 0 saturated carbocycles. The molecule has 0 spiro atoms. The van der Waals surface area contributed by atoms with Gasteiger partial charge in [-0.1, -0.05) is 0 Å². The summed E-state index contributed by atoms with van der Waals surface area (Å²) in [6.07, 6.45) is -0.189. The highest BCUT2D eigenvalue weighted by Gasteiger charge is 2.35. The van der Waals surface area contributed by atoms with Gasteiger partial charge >= 0.3 is 0 Å². The fraction of sp³-hybridized carbons (Fsp3) is 0.455. The Morgan fingerprint density at radius 1 is 1.45 bits per heavy atom. The highest BCUT2D eigenvalue weighted by atomic mass is 16.5. The van der Waals surface area contributed by atoms with E-state index in [2.05, 4.69) is 19.9 Å². The summed E-state index contributed by atoms with van der Waals surface area (Å²) in [6.45, 7) is -0.277. The molecule has 3 atom stereocenters. The maximum absolute atomic E-state index is 9.83. The number of hydrogen-bond donors (Lipinski definition) is 5. The Bertz CT molecular complexity index is 725. The number of guanidine groups is 1. The normalized spacial score (nSPS) is 24.7. The molecule has 1 saturated heterocycles. The van der Waals surface area contributed by atoms with Gasteiger partial charge in [0, 0.05) is 6.42 Å². The smallest absolute Gasteiger partial charge is 0.256 e. The van der Waals surface area contributed by atoms with Gasteiger partial charge in [0.25, 0.3) is 5.95 Å². The van der Waals surface area contributed by atoms with Gasteiger partial charge in [-0.3, -0.25) is 4.57 Å². The second-order valence-corrected chi connectivity index (χ2v) is 4.88. The van der Waals surface area contributed by atoms with Gasteiger partial charge < -0.3 is 32.2 Å². The van der Waals surface area contributed by atoms with Crippen LogP contribution in [-0.4, -0.2) is 54.5 Å². The van der Waals surface area contributed by atoms with Gasteiger partial charge in [-0.15, -0.1) is 0 Å². The summed E-state index contributed by atoms with van der Waals surface area (Å²) >= 11 is 0. The Balaban J connectivity index is 2.04. The van der Waals surface area contributed by atoms with E-state index in [1.807, 2.05) is 0 Å². The molecule has 1 fully saturated rings. The molecule has 8 N–H and O–H groups in total. The molecule has 2 aromatic rings. The summed E-state index contributed by atoms with van der Waals surface area (Å²) in [5, 5.41) is 19.0. The number of imidazole rings is 1. The van der Waals surface area contributed by atoms with Gasteiger partial charge in [-0.25, -0.2) is 4.98 Å². The lowest BCUT2D eigenvalue weighted by atomic mass is 10.2. The van der Waals surface area contributed by atoms with Crippen LogP contribution in [0.4, 0.5) is 11.8 Å². The van der Waals surface area contributed by atoms with E-state index in [9.17, 15) is 5.11 Å². The first-order valence-corrected chi connectivity index (χ1v) is 6.53. The molecule has 22 heavy (non-hydrogen) atoms. The second-order valence-electron chi connectivity index (χ2n) is 4.88. The summed E-state index contributed by atoms with van der Waals surface area (Å²) in [5.41, 5.74) is 17.2. The predicted molar refractivity (Wildman–Crippen MR) is 76.8 cm³/mol. The molecule has 11 nitrogen and oxygen atoms in total. The van der Waals surface area contributed by atoms with Gasteiger partial charge in [-0.2, -0.15) is 15.0 Å². The van der Waals surface area contributed by atoms with E-state index in [0.29, 0.717) is 11.2 Å². The lowest BCUT2D eigenvalue weighted by Crippen LogP contribution is -2.24. The van der Waals surface area contributed by atoms with E-state index in [0.717, 1.165) is 0 Å². The zero-order valence-electron chi connectivity index (χ0n) is 11.5. The largest absolute Gasteiger partial charge is 0.394 e. The number of nitrogen functional groups attached to an aromatic ring is 1. The van der Waals surface area contributed by atoms with Crippen molar-refractivity contribution in [2.24, 2.45) is 16.5 Å². The van der Waals surface area contributed by atoms with E-state index in [4.69, 9.17) is 27.0 Å². The van der Waals surface area contributed by atoms with Crippen LogP contribution in [0.5, 0.6) is 0 Å². The third-order valence-electron chi connectivity index (χ3n) is 3.36. The lowest BCUT2D eigenvalue weighted by Gasteiger charge is -2.13. The molecule has 1 aliphatic rings. The minimum absolute atomic E-state index is 0.00371. The third kappa shape index (κ3) is 2.41. The van der Waals surface area contributed by atoms with Crippen molar-refractivity contribution in [3.05, 3.63) is 6.33 Å². The summed E-state index contributed by atoms with van der Waals surface area (Å²) in [7, 11) is 0. The van der Waals surface area contributed by atoms with Gasteiger partial charge in [0.05, 0.1) is 19.0 Å². The number of anilines is 1. The van der Waals surface area contributed by atoms with Crippen molar-refractivity contribution >= 4 is 28.9 Å². The van der Waals surface area contributed by atoms with Gasteiger partial charge in [0.1, 0.15) is 17.8 Å². The van der Waals surface area contributed by atoms with E-state index in [-0.39, 0.29) is 30.8 Å². The average Bonchev–Trinajstić information content (AvgIpc) is 3.01. The highest BCUT2D eigenvalue weighted by Crippen LogP contribution is 2.31. The van der Waals surface area contributed by atoms with Gasteiger partial charge in [0.2, 0.25) is 0 Å². The molecule has 0 amide bonds. The summed E-state index contributed by atoms with van der Waals surface area (Å²) in [6, 6.07) is 0. The van der Waals surface area contributed by atoms with Crippen molar-refractivity contribution < 1.29 is 14.9 Å². The van der Waals surface area contributed by atoms with Crippen LogP contribution >= 0.6 is 0 Å². The molecule has 3 rings (SSSR count). The van der Waals surface area contributed by atoms with Crippen LogP contribution in [0.2, 0.25) is 0 Å². The molecule has 0 aliphatic carbocycles. The van der Waals surface area contributed by atoms with E-state index >= 15 is 0 Å². The van der Waals surface area contributed by atoms with Crippen molar-refractivity contribution in [1.29, 1.82) is 0 Å². The molecule has 0 unspecified atom stereocenters. The topological polar surface area (TPSA) is 184 Å². The Morgan fingerprint density at radius 2 is 2.23 bits per heavy atom. The number of aliphatic imine (C=N–C) groups is 1. The lowest BCUT2D eigenvalue weighted by molar-refractivity contribution is -0.0432. The summed E-state index contributed by atoms with van der Waals surface area (Å²) < 4.78 is 7.17. The highest BCUT2D eigenvalue weighted by molar-refractivity contribution is 5.84. The Hall–Kier alpha value is -2.50. The van der Waals surface area contributed by atoms with Crippen molar-refractivity contribution in [3.63, 3.8) is 0 Å². The van der Waals surface area contributed by atoms with Crippen LogP contribution in [0.3, 0.4) is 0 Å². The average molecular weight is 308 g/mol. The van der Waals surface area contributed by atoms with Crippen LogP contribution in [-0.2, 0) is 4.74 Å². The van der Waals surface area contributed by atoms with Crippen LogP contribution in [0.1, 0.15) is 12.6 Å². The first-order chi connectivity index (χ1) is 10.5. The molecule has 3 heterocycles.